The lowest BCUT2D eigenvalue weighted by atomic mass is 9.80. The molecular weight excluding hydrogens is 643 g/mol. The summed E-state index contributed by atoms with van der Waals surface area (Å²) >= 11 is 0. The number of nitriles is 1. The third-order valence-corrected chi connectivity index (χ3v) is 10.6. The molecule has 1 heterocycles. The maximum absolute atomic E-state index is 12.4. The molecule has 0 aromatic heterocycles. The lowest BCUT2D eigenvalue weighted by Gasteiger charge is -2.39. The van der Waals surface area contributed by atoms with E-state index in [1.807, 2.05) is 78.9 Å². The van der Waals surface area contributed by atoms with Crippen LogP contribution in [0.4, 0.5) is 0 Å². The fraction of sp³-hybridized carbons (Fsp3) is 0.474. The van der Waals surface area contributed by atoms with Gasteiger partial charge in [0.25, 0.3) is 8.53 Å². The molecule has 1 saturated heterocycles. The van der Waals surface area contributed by atoms with Crippen LogP contribution in [-0.2, 0) is 33.7 Å². The second kappa shape index (κ2) is 18.4. The Morgan fingerprint density at radius 1 is 0.898 bits per heavy atom. The average molecular weight is 693 g/mol. The minimum absolute atomic E-state index is 0.0823. The van der Waals surface area contributed by atoms with Crippen LogP contribution in [0.5, 0.6) is 11.5 Å². The van der Waals surface area contributed by atoms with Crippen molar-refractivity contribution in [3.63, 3.8) is 0 Å². The van der Waals surface area contributed by atoms with Gasteiger partial charge in [0, 0.05) is 18.5 Å². The fourth-order valence-corrected chi connectivity index (χ4v) is 7.91. The molecule has 3 aromatic rings. The molecule has 0 radical (unpaired) electrons. The Bertz CT molecular complexity index is 1420. The van der Waals surface area contributed by atoms with Gasteiger partial charge in [0.2, 0.25) is 0 Å². The summed E-state index contributed by atoms with van der Waals surface area (Å²) in [6.07, 6.45) is -0.700. The van der Waals surface area contributed by atoms with Crippen molar-refractivity contribution < 1.29 is 37.5 Å². The second-order valence-corrected chi connectivity index (χ2v) is 13.7. The molecule has 11 heteroatoms. The van der Waals surface area contributed by atoms with Crippen molar-refractivity contribution in [1.82, 2.24) is 4.67 Å². The van der Waals surface area contributed by atoms with Gasteiger partial charge in [-0.15, -0.1) is 0 Å². The standard InChI is InChI=1S/C38H49N2O8P/c1-27(2)40(28(3)4)49(46-23-11-22-39)48-35-24-34(25-37(41)44-7)47-36(35)26-45-38(29-12-9-8-10-13-29,30-14-18-32(42-5)19-15-30)31-16-20-33(43-6)21-17-31/h8-10,12-21,27-28,34-36H,11,23-26H2,1-7H3/t34-,35+,36-,49?/m1/s1. The number of esters is 1. The van der Waals surface area contributed by atoms with Crippen molar-refractivity contribution in [2.75, 3.05) is 34.5 Å². The van der Waals surface area contributed by atoms with E-state index in [1.54, 1.807) is 14.2 Å². The first-order valence-electron chi connectivity index (χ1n) is 16.6. The van der Waals surface area contributed by atoms with Gasteiger partial charge in [-0.25, -0.2) is 4.67 Å². The molecule has 0 aliphatic carbocycles. The summed E-state index contributed by atoms with van der Waals surface area (Å²) in [4.78, 5) is 12.4. The lowest BCUT2D eigenvalue weighted by Crippen LogP contribution is -2.39. The van der Waals surface area contributed by atoms with Crippen molar-refractivity contribution in [1.29, 1.82) is 5.26 Å². The largest absolute Gasteiger partial charge is 0.497 e. The summed E-state index contributed by atoms with van der Waals surface area (Å²) in [6, 6.07) is 28.1. The first-order valence-corrected chi connectivity index (χ1v) is 17.8. The number of methoxy groups -OCH3 is 3. The molecule has 4 rings (SSSR count). The number of carbonyl (C=O) groups is 1. The lowest BCUT2D eigenvalue weighted by molar-refractivity contribution is -0.144. The van der Waals surface area contributed by atoms with Crippen molar-refractivity contribution >= 4 is 14.5 Å². The Morgan fingerprint density at radius 2 is 1.45 bits per heavy atom. The SMILES string of the molecule is COC(=O)C[C@H]1C[C@H](OP(OCCC#N)N(C(C)C)C(C)C)[C@@H](COC(c2ccccc2)(c2ccc(OC)cc2)c2ccc(OC)cc2)O1. The zero-order valence-corrected chi connectivity index (χ0v) is 30.4. The molecular formula is C38H49N2O8P. The monoisotopic (exact) mass is 692 g/mol. The van der Waals surface area contributed by atoms with E-state index < -0.39 is 32.4 Å². The van der Waals surface area contributed by atoms with Crippen LogP contribution >= 0.6 is 8.53 Å². The third-order valence-electron chi connectivity index (χ3n) is 8.42. The summed E-state index contributed by atoms with van der Waals surface area (Å²) in [5.41, 5.74) is 1.63. The Kier molecular flexibility index (Phi) is 14.4. The van der Waals surface area contributed by atoms with Gasteiger partial charge in [-0.3, -0.25) is 4.79 Å². The molecule has 0 saturated carbocycles. The quantitative estimate of drug-likeness (QED) is 0.0579. The van der Waals surface area contributed by atoms with Gasteiger partial charge >= 0.3 is 5.97 Å². The molecule has 0 amide bonds. The predicted octanol–water partition coefficient (Wildman–Crippen LogP) is 7.39. The highest BCUT2D eigenvalue weighted by Gasteiger charge is 2.44. The highest BCUT2D eigenvalue weighted by molar-refractivity contribution is 7.44. The van der Waals surface area contributed by atoms with Crippen LogP contribution in [0.25, 0.3) is 0 Å². The van der Waals surface area contributed by atoms with E-state index >= 15 is 0 Å². The van der Waals surface area contributed by atoms with Gasteiger partial charge in [-0.1, -0.05) is 54.6 Å². The summed E-state index contributed by atoms with van der Waals surface area (Å²) in [6.45, 7) is 8.74. The number of hydrogen-bond donors (Lipinski definition) is 0. The molecule has 1 fully saturated rings. The van der Waals surface area contributed by atoms with E-state index in [0.717, 1.165) is 28.2 Å². The predicted molar refractivity (Wildman–Crippen MR) is 188 cm³/mol. The fourth-order valence-electron chi connectivity index (χ4n) is 6.15. The highest BCUT2D eigenvalue weighted by atomic mass is 31.2. The molecule has 1 aliphatic heterocycles. The van der Waals surface area contributed by atoms with Gasteiger partial charge in [-0.05, 0) is 68.7 Å². The van der Waals surface area contributed by atoms with Crippen molar-refractivity contribution in [3.05, 3.63) is 95.6 Å². The first kappa shape index (κ1) is 38.3. The average Bonchev–Trinajstić information content (AvgIpc) is 3.49. The molecule has 3 aromatic carbocycles. The van der Waals surface area contributed by atoms with Crippen molar-refractivity contribution in [2.45, 2.75) is 83.0 Å². The summed E-state index contributed by atoms with van der Waals surface area (Å²) in [5, 5.41) is 9.22. The van der Waals surface area contributed by atoms with Crippen LogP contribution in [0.15, 0.2) is 78.9 Å². The van der Waals surface area contributed by atoms with Crippen LogP contribution in [0, 0.1) is 11.3 Å². The molecule has 10 nitrogen and oxygen atoms in total. The number of hydrogen-bond acceptors (Lipinski definition) is 10. The van der Waals surface area contributed by atoms with Gasteiger partial charge in [0.1, 0.15) is 23.2 Å². The molecule has 264 valence electrons. The topological polar surface area (TPSA) is 109 Å². The van der Waals surface area contributed by atoms with Gasteiger partial charge < -0.3 is 32.7 Å². The number of ether oxygens (including phenoxy) is 5. The minimum Gasteiger partial charge on any atom is -0.497 e. The number of rotatable bonds is 18. The van der Waals surface area contributed by atoms with Gasteiger partial charge in [0.15, 0.2) is 0 Å². The maximum Gasteiger partial charge on any atom is 0.308 e. The Balaban J connectivity index is 1.77. The Morgan fingerprint density at radius 3 is 1.94 bits per heavy atom. The van der Waals surface area contributed by atoms with Crippen molar-refractivity contribution in [2.24, 2.45) is 0 Å². The Labute approximate surface area is 292 Å². The molecule has 1 unspecified atom stereocenters. The van der Waals surface area contributed by atoms with E-state index in [-0.39, 0.29) is 44.1 Å². The first-order chi connectivity index (χ1) is 23.7. The summed E-state index contributed by atoms with van der Waals surface area (Å²) in [7, 11) is 3.07. The molecule has 0 N–H and O–H groups in total. The maximum atomic E-state index is 12.4. The van der Waals surface area contributed by atoms with Crippen LogP contribution in [0.3, 0.4) is 0 Å². The third kappa shape index (κ3) is 9.58. The van der Waals surface area contributed by atoms with Crippen LogP contribution in [-0.4, -0.2) is 75.6 Å². The van der Waals surface area contributed by atoms with Crippen LogP contribution < -0.4 is 9.47 Å². The molecule has 49 heavy (non-hydrogen) atoms. The zero-order chi connectivity index (χ0) is 35.4. The van der Waals surface area contributed by atoms with Crippen LogP contribution in [0.1, 0.15) is 63.6 Å². The van der Waals surface area contributed by atoms with E-state index in [4.69, 9.17) is 32.7 Å². The van der Waals surface area contributed by atoms with Crippen molar-refractivity contribution in [3.8, 4) is 17.6 Å². The van der Waals surface area contributed by atoms with E-state index in [0.29, 0.717) is 6.42 Å². The minimum atomic E-state index is -1.57. The zero-order valence-electron chi connectivity index (χ0n) is 29.5. The summed E-state index contributed by atoms with van der Waals surface area (Å²) < 4.78 is 44.9. The normalized spacial score (nSPS) is 18.4. The number of nitrogens with zero attached hydrogens (tertiary/aromatic N) is 2. The van der Waals surface area contributed by atoms with E-state index in [9.17, 15) is 10.1 Å². The van der Waals surface area contributed by atoms with E-state index in [2.05, 4.69) is 38.4 Å². The van der Waals surface area contributed by atoms with Gasteiger partial charge in [0.05, 0.1) is 65.7 Å². The molecule has 1 aliphatic rings. The molecule has 0 bridgehead atoms. The molecule has 4 atom stereocenters. The van der Waals surface area contributed by atoms with E-state index in [1.165, 1.54) is 7.11 Å². The highest BCUT2D eigenvalue weighted by Crippen LogP contribution is 2.50. The van der Waals surface area contributed by atoms with Crippen LogP contribution in [0.2, 0.25) is 0 Å². The Hall–Kier alpha value is -3.55. The smallest absolute Gasteiger partial charge is 0.308 e. The summed E-state index contributed by atoms with van der Waals surface area (Å²) in [5.74, 6) is 1.09. The second-order valence-electron chi connectivity index (χ2n) is 12.3. The number of carbonyl (C=O) groups excluding carboxylic acids is 1. The molecule has 0 spiro atoms. The van der Waals surface area contributed by atoms with Gasteiger partial charge in [-0.2, -0.15) is 5.26 Å². The number of benzene rings is 3.